The average molecular weight is 390 g/mol. The summed E-state index contributed by atoms with van der Waals surface area (Å²) < 4.78 is 0. The number of nitrogens with one attached hydrogen (secondary N) is 3. The highest BCUT2D eigenvalue weighted by Crippen LogP contribution is 2.30. The summed E-state index contributed by atoms with van der Waals surface area (Å²) >= 11 is 0.973. The second kappa shape index (κ2) is 8.43. The van der Waals surface area contributed by atoms with Crippen molar-refractivity contribution in [1.29, 1.82) is 0 Å². The van der Waals surface area contributed by atoms with Crippen molar-refractivity contribution in [3.05, 3.63) is 29.8 Å². The monoisotopic (exact) mass is 390 g/mol. The highest BCUT2D eigenvalue weighted by atomic mass is 32.2. The minimum atomic E-state index is -0.375. The third kappa shape index (κ3) is 5.22. The van der Waals surface area contributed by atoms with Crippen LogP contribution in [0, 0.1) is 5.92 Å². The third-order valence-electron chi connectivity index (χ3n) is 4.44. The molecule has 144 valence electrons. The van der Waals surface area contributed by atoms with Crippen LogP contribution in [0.25, 0.3) is 0 Å². The Morgan fingerprint density at radius 1 is 1.22 bits per heavy atom. The summed E-state index contributed by atoms with van der Waals surface area (Å²) in [5.41, 5.74) is 1.64. The molecular formula is C18H22N4O4S. The molecule has 9 heteroatoms. The summed E-state index contributed by atoms with van der Waals surface area (Å²) in [4.78, 5) is 47.8. The van der Waals surface area contributed by atoms with Crippen LogP contribution in [0.3, 0.4) is 0 Å². The molecule has 1 aromatic carbocycles. The van der Waals surface area contributed by atoms with Crippen LogP contribution < -0.4 is 16.0 Å². The van der Waals surface area contributed by atoms with Gasteiger partial charge in [-0.2, -0.15) is 0 Å². The van der Waals surface area contributed by atoms with E-state index in [1.807, 2.05) is 31.2 Å². The molecule has 8 nitrogen and oxygen atoms in total. The number of nitrogens with zero attached hydrogens (tertiary/aromatic N) is 1. The van der Waals surface area contributed by atoms with Gasteiger partial charge in [0.25, 0.3) is 5.24 Å². The molecule has 1 unspecified atom stereocenters. The molecule has 1 aliphatic carbocycles. The average Bonchev–Trinajstić information content (AvgIpc) is 3.44. The van der Waals surface area contributed by atoms with Crippen molar-refractivity contribution in [3.8, 4) is 0 Å². The predicted octanol–water partition coefficient (Wildman–Crippen LogP) is 2.09. The zero-order valence-corrected chi connectivity index (χ0v) is 15.8. The molecule has 3 N–H and O–H groups in total. The molecule has 2 aliphatic rings. The lowest BCUT2D eigenvalue weighted by Crippen LogP contribution is -2.42. The fourth-order valence-electron chi connectivity index (χ4n) is 2.65. The lowest BCUT2D eigenvalue weighted by Gasteiger charge is -2.17. The van der Waals surface area contributed by atoms with Crippen LogP contribution in [0.15, 0.2) is 24.3 Å². The normalized spacial score (nSPS) is 17.6. The van der Waals surface area contributed by atoms with Gasteiger partial charge in [0.1, 0.15) is 0 Å². The third-order valence-corrected chi connectivity index (χ3v) is 5.29. The largest absolute Gasteiger partial charge is 0.336 e. The maximum Gasteiger partial charge on any atom is 0.315 e. The number of anilines is 1. The van der Waals surface area contributed by atoms with Gasteiger partial charge in [-0.25, -0.2) is 4.79 Å². The van der Waals surface area contributed by atoms with Crippen molar-refractivity contribution in [1.82, 2.24) is 15.5 Å². The van der Waals surface area contributed by atoms with E-state index in [2.05, 4.69) is 16.0 Å². The molecule has 5 amide bonds. The SMILES string of the molecule is CC(NC(=O)NCCN1C(=O)CSC1=O)c1ccc(NC(=O)C2CC2)cc1. The molecule has 1 atom stereocenters. The van der Waals surface area contributed by atoms with E-state index in [0.29, 0.717) is 0 Å². The molecule has 3 rings (SSSR count). The van der Waals surface area contributed by atoms with Gasteiger partial charge >= 0.3 is 6.03 Å². The molecule has 0 spiro atoms. The number of urea groups is 1. The molecule has 0 bridgehead atoms. The van der Waals surface area contributed by atoms with Crippen LogP contribution in [0.4, 0.5) is 15.3 Å². The van der Waals surface area contributed by atoms with Crippen molar-refractivity contribution >= 4 is 40.5 Å². The van der Waals surface area contributed by atoms with Gasteiger partial charge in [-0.3, -0.25) is 19.3 Å². The van der Waals surface area contributed by atoms with E-state index in [9.17, 15) is 19.2 Å². The second-order valence-electron chi connectivity index (χ2n) is 6.61. The van der Waals surface area contributed by atoms with Crippen LogP contribution in [0.1, 0.15) is 31.4 Å². The zero-order valence-electron chi connectivity index (χ0n) is 15.0. The standard InChI is InChI=1S/C18H22N4O4S/c1-11(12-4-6-14(7-5-12)21-16(24)13-2-3-13)20-17(25)19-8-9-22-15(23)10-27-18(22)26/h4-7,11,13H,2-3,8-10H2,1H3,(H,21,24)(H2,19,20,25). The smallest absolute Gasteiger partial charge is 0.315 e. The van der Waals surface area contributed by atoms with Crippen molar-refractivity contribution in [2.75, 3.05) is 24.2 Å². The lowest BCUT2D eigenvalue weighted by molar-refractivity contribution is -0.124. The van der Waals surface area contributed by atoms with Crippen molar-refractivity contribution < 1.29 is 19.2 Å². The van der Waals surface area contributed by atoms with Crippen LogP contribution in [0.5, 0.6) is 0 Å². The highest BCUT2D eigenvalue weighted by Gasteiger charge is 2.30. The Kier molecular flexibility index (Phi) is 6.00. The minimum Gasteiger partial charge on any atom is -0.336 e. The maximum atomic E-state index is 12.0. The van der Waals surface area contributed by atoms with Crippen molar-refractivity contribution in [3.63, 3.8) is 0 Å². The number of thioether (sulfide) groups is 1. The van der Waals surface area contributed by atoms with Gasteiger partial charge in [-0.05, 0) is 37.5 Å². The van der Waals surface area contributed by atoms with Gasteiger partial charge in [0.15, 0.2) is 0 Å². The van der Waals surface area contributed by atoms with E-state index in [1.165, 1.54) is 0 Å². The first-order valence-electron chi connectivity index (χ1n) is 8.86. The summed E-state index contributed by atoms with van der Waals surface area (Å²) in [6, 6.07) is 6.73. The highest BCUT2D eigenvalue weighted by molar-refractivity contribution is 8.14. The predicted molar refractivity (Wildman–Crippen MR) is 102 cm³/mol. The second-order valence-corrected chi connectivity index (χ2v) is 7.53. The van der Waals surface area contributed by atoms with Crippen LogP contribution >= 0.6 is 11.8 Å². The molecule has 2 fully saturated rings. The molecule has 0 radical (unpaired) electrons. The number of benzene rings is 1. The number of hydrogen-bond donors (Lipinski definition) is 3. The Labute approximate surface area is 161 Å². The van der Waals surface area contributed by atoms with Gasteiger partial charge in [0.2, 0.25) is 11.8 Å². The quantitative estimate of drug-likeness (QED) is 0.661. The van der Waals surface area contributed by atoms with Gasteiger partial charge < -0.3 is 16.0 Å². The summed E-state index contributed by atoms with van der Waals surface area (Å²) in [6.45, 7) is 2.21. The Bertz CT molecular complexity index is 732. The maximum absolute atomic E-state index is 12.0. The molecule has 1 saturated heterocycles. The summed E-state index contributed by atoms with van der Waals surface area (Å²) in [6.07, 6.45) is 1.91. The van der Waals surface area contributed by atoms with E-state index in [-0.39, 0.29) is 53.9 Å². The van der Waals surface area contributed by atoms with Crippen LogP contribution in [0.2, 0.25) is 0 Å². The minimum absolute atomic E-state index is 0.0571. The van der Waals surface area contributed by atoms with Crippen molar-refractivity contribution in [2.45, 2.75) is 25.8 Å². The molecule has 1 aliphatic heterocycles. The Hall–Kier alpha value is -2.55. The number of carbonyl (C=O) groups is 4. The molecule has 1 saturated carbocycles. The molecule has 1 aromatic rings. The molecule has 0 aromatic heterocycles. The number of imide groups is 1. The van der Waals surface area contributed by atoms with Gasteiger partial charge in [0.05, 0.1) is 11.8 Å². The first kappa shape index (κ1) is 19.2. The number of amides is 5. The Balaban J connectivity index is 1.41. The summed E-state index contributed by atoms with van der Waals surface area (Å²) in [5.74, 6) is 0.147. The van der Waals surface area contributed by atoms with E-state index in [1.54, 1.807) is 0 Å². The summed E-state index contributed by atoms with van der Waals surface area (Å²) in [5, 5.41) is 8.05. The zero-order chi connectivity index (χ0) is 19.4. The molecule has 1 heterocycles. The van der Waals surface area contributed by atoms with E-state index in [0.717, 1.165) is 40.8 Å². The molecule has 27 heavy (non-hydrogen) atoms. The van der Waals surface area contributed by atoms with Crippen LogP contribution in [-0.4, -0.2) is 46.8 Å². The first-order valence-corrected chi connectivity index (χ1v) is 9.85. The van der Waals surface area contributed by atoms with E-state index < -0.39 is 0 Å². The lowest BCUT2D eigenvalue weighted by atomic mass is 10.1. The fraction of sp³-hybridized carbons (Fsp3) is 0.444. The van der Waals surface area contributed by atoms with E-state index >= 15 is 0 Å². The van der Waals surface area contributed by atoms with Gasteiger partial charge in [-0.1, -0.05) is 23.9 Å². The Morgan fingerprint density at radius 2 is 1.93 bits per heavy atom. The number of carbonyl (C=O) groups excluding carboxylic acids is 4. The Morgan fingerprint density at radius 3 is 2.52 bits per heavy atom. The molecular weight excluding hydrogens is 368 g/mol. The number of rotatable bonds is 7. The van der Waals surface area contributed by atoms with Gasteiger partial charge in [-0.15, -0.1) is 0 Å². The van der Waals surface area contributed by atoms with Crippen LogP contribution in [-0.2, 0) is 9.59 Å². The summed E-state index contributed by atoms with van der Waals surface area (Å²) in [7, 11) is 0. The van der Waals surface area contributed by atoms with E-state index in [4.69, 9.17) is 0 Å². The number of hydrogen-bond acceptors (Lipinski definition) is 5. The van der Waals surface area contributed by atoms with Gasteiger partial charge in [0, 0.05) is 24.7 Å². The first-order chi connectivity index (χ1) is 12.9. The van der Waals surface area contributed by atoms with Crippen molar-refractivity contribution in [2.24, 2.45) is 5.92 Å². The fourth-order valence-corrected chi connectivity index (χ4v) is 3.41. The topological polar surface area (TPSA) is 108 Å².